The molecule has 236 valence electrons. The van der Waals surface area contributed by atoms with Gasteiger partial charge in [-0.25, -0.2) is 0 Å². The fourth-order valence-electron chi connectivity index (χ4n) is 7.75. The van der Waals surface area contributed by atoms with E-state index in [-0.39, 0.29) is 10.1 Å². The van der Waals surface area contributed by atoms with E-state index in [1.54, 1.807) is 0 Å². The lowest BCUT2D eigenvalue weighted by Gasteiger charge is -2.48. The first-order valence-corrected chi connectivity index (χ1v) is 20.9. The van der Waals surface area contributed by atoms with Crippen LogP contribution in [0.3, 0.4) is 0 Å². The highest BCUT2D eigenvalue weighted by molar-refractivity contribution is 8.18. The van der Waals surface area contributed by atoms with Crippen molar-refractivity contribution >= 4 is 70.2 Å². The van der Waals surface area contributed by atoms with Crippen molar-refractivity contribution in [3.63, 3.8) is 0 Å². The van der Waals surface area contributed by atoms with E-state index < -0.39 is 15.8 Å². The minimum absolute atomic E-state index is 0.173. The Balaban J connectivity index is 1.57. The molecule has 7 aromatic rings. The van der Waals surface area contributed by atoms with Crippen LogP contribution in [0.25, 0.3) is 10.1 Å². The average Bonchev–Trinajstić information content (AvgIpc) is 3.66. The van der Waals surface area contributed by atoms with Crippen LogP contribution < -0.4 is 21.2 Å². The SMILES string of the molecule is Cc1cc(C)c2c(c1)SC(P(c1ccccc1)c1ccccc1)(P(c1ccccc1)c1ccccc1)C2c1csc2cc(C)cc(C)c12. The van der Waals surface area contributed by atoms with E-state index in [1.807, 2.05) is 11.3 Å². The molecule has 1 atom stereocenters. The third-order valence-electron chi connectivity index (χ3n) is 9.47. The van der Waals surface area contributed by atoms with Crippen molar-refractivity contribution in [2.75, 3.05) is 0 Å². The van der Waals surface area contributed by atoms with E-state index in [4.69, 9.17) is 0 Å². The Morgan fingerprint density at radius 3 is 1.44 bits per heavy atom. The molecule has 8 rings (SSSR count). The van der Waals surface area contributed by atoms with E-state index in [0.29, 0.717) is 0 Å². The maximum Gasteiger partial charge on any atom is 0.0870 e. The Morgan fingerprint density at radius 1 is 0.521 bits per heavy atom. The lowest BCUT2D eigenvalue weighted by Crippen LogP contribution is -2.39. The standard InChI is InChI=1S/C44H38P2S2/c1-30-25-32(3)41-38(29-47-39(41)27-30)43-42-33(4)26-31(2)28-40(42)48-44(43,45(34-17-9-5-10-18-34)35-19-11-6-12-20-35)46(36-21-13-7-14-22-36)37-23-15-8-16-24-37/h5-29,43H,1-4H3. The molecule has 0 amide bonds. The van der Waals surface area contributed by atoms with Crippen LogP contribution in [-0.2, 0) is 0 Å². The van der Waals surface area contributed by atoms with Crippen molar-refractivity contribution in [2.24, 2.45) is 0 Å². The molecule has 0 spiro atoms. The number of hydrogen-bond donors (Lipinski definition) is 0. The molecule has 1 aliphatic heterocycles. The normalized spacial score (nSPS) is 15.3. The van der Waals surface area contributed by atoms with Gasteiger partial charge in [-0.3, -0.25) is 0 Å². The number of fused-ring (bicyclic) bond motifs is 2. The summed E-state index contributed by atoms with van der Waals surface area (Å²) in [6.45, 7) is 9.19. The fourth-order valence-corrected chi connectivity index (χ4v) is 20.0. The van der Waals surface area contributed by atoms with Crippen LogP contribution >= 0.6 is 38.9 Å². The number of rotatable bonds is 7. The van der Waals surface area contributed by atoms with Gasteiger partial charge in [-0.1, -0.05) is 133 Å². The van der Waals surface area contributed by atoms with Gasteiger partial charge in [-0.05, 0) is 121 Å². The predicted molar refractivity (Wildman–Crippen MR) is 216 cm³/mol. The first kappa shape index (κ1) is 31.7. The second-order valence-corrected chi connectivity index (χ2v) is 20.8. The van der Waals surface area contributed by atoms with Crippen LogP contribution in [0.2, 0.25) is 0 Å². The Morgan fingerprint density at radius 2 is 0.958 bits per heavy atom. The molecule has 0 saturated carbocycles. The Hall–Kier alpha value is -3.51. The van der Waals surface area contributed by atoms with E-state index >= 15 is 0 Å². The molecule has 2 heterocycles. The van der Waals surface area contributed by atoms with Gasteiger partial charge in [0, 0.05) is 15.5 Å². The second-order valence-electron chi connectivity index (χ2n) is 12.8. The Bertz CT molecular complexity index is 2050. The zero-order valence-corrected chi connectivity index (χ0v) is 31.1. The van der Waals surface area contributed by atoms with E-state index in [2.05, 4.69) is 190 Å². The van der Waals surface area contributed by atoms with Gasteiger partial charge >= 0.3 is 0 Å². The molecule has 0 radical (unpaired) electrons. The lowest BCUT2D eigenvalue weighted by atomic mass is 9.87. The summed E-state index contributed by atoms with van der Waals surface area (Å²) in [4.78, 5) is 1.44. The van der Waals surface area contributed by atoms with E-state index in [9.17, 15) is 0 Å². The topological polar surface area (TPSA) is 0 Å². The van der Waals surface area contributed by atoms with Gasteiger partial charge in [-0.15, -0.1) is 23.1 Å². The number of aryl methyl sites for hydroxylation is 4. The van der Waals surface area contributed by atoms with Gasteiger partial charge in [0.05, 0.1) is 4.23 Å². The smallest absolute Gasteiger partial charge is 0.0870 e. The fraction of sp³-hybridized carbons (Fsp3) is 0.136. The first-order chi connectivity index (χ1) is 23.5. The summed E-state index contributed by atoms with van der Waals surface area (Å²) in [5.74, 6) is 0.173. The van der Waals surface area contributed by atoms with Crippen molar-refractivity contribution in [3.8, 4) is 0 Å². The largest absolute Gasteiger partial charge is 0.143 e. The highest BCUT2D eigenvalue weighted by atomic mass is 32.2. The molecular weight excluding hydrogens is 655 g/mol. The monoisotopic (exact) mass is 692 g/mol. The Kier molecular flexibility index (Phi) is 8.65. The van der Waals surface area contributed by atoms with Crippen molar-refractivity contribution < 1.29 is 0 Å². The molecule has 0 nitrogen and oxygen atoms in total. The van der Waals surface area contributed by atoms with Gasteiger partial charge in [-0.2, -0.15) is 0 Å². The zero-order valence-electron chi connectivity index (χ0n) is 27.7. The minimum atomic E-state index is -0.910. The highest BCUT2D eigenvalue weighted by Crippen LogP contribution is 2.81. The molecule has 0 N–H and O–H groups in total. The van der Waals surface area contributed by atoms with Crippen LogP contribution in [-0.4, -0.2) is 4.23 Å². The highest BCUT2D eigenvalue weighted by Gasteiger charge is 2.59. The average molecular weight is 693 g/mol. The van der Waals surface area contributed by atoms with E-state index in [1.165, 1.54) is 69.6 Å². The van der Waals surface area contributed by atoms with Crippen molar-refractivity contribution in [1.82, 2.24) is 0 Å². The second kappa shape index (κ2) is 13.1. The summed E-state index contributed by atoms with van der Waals surface area (Å²) in [6, 6.07) is 55.6. The number of thiophene rings is 1. The maximum absolute atomic E-state index is 2.53. The number of thioether (sulfide) groups is 1. The van der Waals surface area contributed by atoms with Crippen molar-refractivity contribution in [1.29, 1.82) is 0 Å². The molecule has 0 bridgehead atoms. The molecule has 0 fully saturated rings. The maximum atomic E-state index is 2.53. The van der Waals surface area contributed by atoms with Crippen LogP contribution in [0.15, 0.2) is 156 Å². The summed E-state index contributed by atoms with van der Waals surface area (Å²) in [7, 11) is -1.82. The lowest BCUT2D eigenvalue weighted by molar-refractivity contribution is 0.862. The Labute approximate surface area is 295 Å². The van der Waals surface area contributed by atoms with Crippen LogP contribution in [0.4, 0.5) is 0 Å². The molecule has 1 unspecified atom stereocenters. The third-order valence-corrected chi connectivity index (χ3v) is 19.4. The van der Waals surface area contributed by atoms with Gasteiger partial charge in [0.25, 0.3) is 0 Å². The first-order valence-electron chi connectivity index (χ1n) is 16.5. The number of hydrogen-bond acceptors (Lipinski definition) is 2. The molecule has 1 aliphatic rings. The number of benzene rings is 6. The summed E-state index contributed by atoms with van der Waals surface area (Å²) < 4.78 is 1.16. The summed E-state index contributed by atoms with van der Waals surface area (Å²) >= 11 is 4.12. The van der Waals surface area contributed by atoms with Crippen LogP contribution in [0, 0.1) is 27.7 Å². The summed E-state index contributed by atoms with van der Waals surface area (Å²) in [5, 5.41) is 9.71. The molecule has 6 aromatic carbocycles. The van der Waals surface area contributed by atoms with E-state index in [0.717, 1.165) is 0 Å². The van der Waals surface area contributed by atoms with Gasteiger partial charge < -0.3 is 0 Å². The van der Waals surface area contributed by atoms with Crippen LogP contribution in [0.1, 0.15) is 39.3 Å². The summed E-state index contributed by atoms with van der Waals surface area (Å²) in [6.07, 6.45) is 0. The predicted octanol–water partition coefficient (Wildman–Crippen LogP) is 11.3. The van der Waals surface area contributed by atoms with Crippen LogP contribution in [0.5, 0.6) is 0 Å². The molecule has 0 aliphatic carbocycles. The van der Waals surface area contributed by atoms with Crippen molar-refractivity contribution in [2.45, 2.75) is 42.7 Å². The molecule has 0 saturated heterocycles. The molecule has 4 heteroatoms. The van der Waals surface area contributed by atoms with Gasteiger partial charge in [0.2, 0.25) is 0 Å². The van der Waals surface area contributed by atoms with Crippen molar-refractivity contribution in [3.05, 3.63) is 184 Å². The molecular formula is C44H38P2S2. The third kappa shape index (κ3) is 5.39. The molecule has 48 heavy (non-hydrogen) atoms. The summed E-state index contributed by atoms with van der Waals surface area (Å²) in [5.41, 5.74) is 8.46. The molecule has 1 aromatic heterocycles. The van der Waals surface area contributed by atoms with Gasteiger partial charge in [0.1, 0.15) is 0 Å². The quantitative estimate of drug-likeness (QED) is 0.150. The zero-order chi connectivity index (χ0) is 32.8. The van der Waals surface area contributed by atoms with Gasteiger partial charge in [0.15, 0.2) is 0 Å². The minimum Gasteiger partial charge on any atom is -0.143 e.